The number of benzene rings is 2. The summed E-state index contributed by atoms with van der Waals surface area (Å²) in [6, 6.07) is 8.57. The summed E-state index contributed by atoms with van der Waals surface area (Å²) in [6.07, 6.45) is -1.90. The van der Waals surface area contributed by atoms with Crippen LogP contribution in [0.15, 0.2) is 48.5 Å². The number of hydrogen-bond acceptors (Lipinski definition) is 6. The molecule has 9 nitrogen and oxygen atoms in total. The van der Waals surface area contributed by atoms with Crippen LogP contribution in [0, 0.1) is 11.6 Å². The Morgan fingerprint density at radius 2 is 1.53 bits per heavy atom. The molecule has 0 aliphatic carbocycles. The number of halogens is 3. The molecule has 0 spiro atoms. The summed E-state index contributed by atoms with van der Waals surface area (Å²) in [5.74, 6) is -4.09. The van der Waals surface area contributed by atoms with Gasteiger partial charge in [0.2, 0.25) is 11.8 Å². The molecular weight excluding hydrogens is 496 g/mol. The zero-order valence-corrected chi connectivity index (χ0v) is 20.7. The summed E-state index contributed by atoms with van der Waals surface area (Å²) in [5.41, 5.74) is 0.225. The van der Waals surface area contributed by atoms with Crippen molar-refractivity contribution in [3.8, 4) is 0 Å². The first-order valence-electron chi connectivity index (χ1n) is 11.2. The van der Waals surface area contributed by atoms with E-state index in [1.807, 2.05) is 11.9 Å². The first-order valence-corrected chi connectivity index (χ1v) is 11.6. The van der Waals surface area contributed by atoms with E-state index in [1.54, 1.807) is 30.3 Å². The van der Waals surface area contributed by atoms with Gasteiger partial charge in [-0.05, 0) is 49.0 Å². The molecule has 2 aromatic carbocycles. The Labute approximate surface area is 213 Å². The molecule has 2 aromatic rings. The molecule has 0 aromatic heterocycles. The highest BCUT2D eigenvalue weighted by atomic mass is 35.5. The van der Waals surface area contributed by atoms with Gasteiger partial charge in [-0.1, -0.05) is 30.3 Å². The molecule has 5 N–H and O–H groups in total. The van der Waals surface area contributed by atoms with Crippen molar-refractivity contribution in [1.82, 2.24) is 25.7 Å². The quantitative estimate of drug-likeness (QED) is 0.250. The maximum absolute atomic E-state index is 13.4. The van der Waals surface area contributed by atoms with Gasteiger partial charge in [-0.3, -0.25) is 14.4 Å². The maximum atomic E-state index is 13.4. The second-order valence-corrected chi connectivity index (χ2v) is 8.43. The summed E-state index contributed by atoms with van der Waals surface area (Å²) in [7, 11) is 1.87. The summed E-state index contributed by atoms with van der Waals surface area (Å²) < 4.78 is 26.8. The van der Waals surface area contributed by atoms with Crippen LogP contribution >= 0.6 is 11.8 Å². The minimum absolute atomic E-state index is 0.300. The summed E-state index contributed by atoms with van der Waals surface area (Å²) in [5, 5.41) is 17.8. The lowest BCUT2D eigenvalue weighted by Crippen LogP contribution is -2.50. The van der Waals surface area contributed by atoms with Crippen LogP contribution in [0.2, 0.25) is 0 Å². The fourth-order valence-electron chi connectivity index (χ4n) is 3.27. The number of carbonyl (C=O) groups excluding carboxylic acids is 3. The van der Waals surface area contributed by atoms with Crippen molar-refractivity contribution in [2.45, 2.75) is 25.1 Å². The van der Waals surface area contributed by atoms with E-state index >= 15 is 0 Å². The summed E-state index contributed by atoms with van der Waals surface area (Å²) in [4.78, 5) is 42.5. The molecule has 0 saturated heterocycles. The zero-order valence-electron chi connectivity index (χ0n) is 19.9. The number of carbonyl (C=O) groups is 3. The highest BCUT2D eigenvalue weighted by Crippen LogP contribution is 2.17. The third-order valence-electron chi connectivity index (χ3n) is 5.26. The van der Waals surface area contributed by atoms with E-state index in [0.29, 0.717) is 37.8 Å². The molecule has 0 saturated carbocycles. The van der Waals surface area contributed by atoms with Gasteiger partial charge in [0.15, 0.2) is 6.10 Å². The van der Waals surface area contributed by atoms with Gasteiger partial charge in [0.1, 0.15) is 23.7 Å². The van der Waals surface area contributed by atoms with Gasteiger partial charge in [-0.15, -0.1) is 0 Å². The molecule has 0 radical (unpaired) electrons. The van der Waals surface area contributed by atoms with Crippen LogP contribution < -0.4 is 20.8 Å². The minimum atomic E-state index is -1.90. The molecule has 0 fully saturated rings. The first-order chi connectivity index (χ1) is 17.1. The molecule has 36 heavy (non-hydrogen) atoms. The number of rotatable bonds is 13. The molecule has 196 valence electrons. The Morgan fingerprint density at radius 1 is 0.917 bits per heavy atom. The predicted molar refractivity (Wildman–Crippen MR) is 131 cm³/mol. The molecule has 1 unspecified atom stereocenters. The minimum Gasteiger partial charge on any atom is -0.378 e. The third-order valence-corrected chi connectivity index (χ3v) is 5.45. The molecule has 3 amide bonds. The SMILES string of the molecule is C[C@H](NC(=O)C(O)c1cc(F)cc(F)c1)C(=O)N[C@H](C(=O)NCCN(C)CCNCl)c1ccccc1. The number of amides is 3. The Bertz CT molecular complexity index is 1010. The van der Waals surface area contributed by atoms with E-state index in [2.05, 4.69) is 20.8 Å². The van der Waals surface area contributed by atoms with Gasteiger partial charge in [0.25, 0.3) is 5.91 Å². The average Bonchev–Trinajstić information content (AvgIpc) is 2.85. The van der Waals surface area contributed by atoms with E-state index in [4.69, 9.17) is 11.8 Å². The summed E-state index contributed by atoms with van der Waals surface area (Å²) in [6.45, 7) is 3.46. The largest absolute Gasteiger partial charge is 0.378 e. The molecule has 0 aliphatic rings. The van der Waals surface area contributed by atoms with Crippen LogP contribution in [-0.2, 0) is 14.4 Å². The van der Waals surface area contributed by atoms with E-state index in [1.165, 1.54) is 6.92 Å². The van der Waals surface area contributed by atoms with Crippen LogP contribution in [-0.4, -0.2) is 67.0 Å². The van der Waals surface area contributed by atoms with Crippen LogP contribution in [0.5, 0.6) is 0 Å². The first kappa shape index (κ1) is 29.1. The van der Waals surface area contributed by atoms with Crippen molar-refractivity contribution >= 4 is 29.5 Å². The van der Waals surface area contributed by atoms with Crippen LogP contribution in [0.1, 0.15) is 30.2 Å². The molecule has 2 rings (SSSR count). The Balaban J connectivity index is 2.01. The van der Waals surface area contributed by atoms with Crippen molar-refractivity contribution in [2.24, 2.45) is 0 Å². The predicted octanol–water partition coefficient (Wildman–Crippen LogP) is 1.15. The van der Waals surface area contributed by atoms with Crippen LogP contribution in [0.4, 0.5) is 8.78 Å². The Kier molecular flexibility index (Phi) is 11.7. The number of aliphatic hydroxyl groups excluding tert-OH is 1. The van der Waals surface area contributed by atoms with E-state index < -0.39 is 47.5 Å². The average molecular weight is 526 g/mol. The highest BCUT2D eigenvalue weighted by molar-refractivity contribution is 6.13. The summed E-state index contributed by atoms with van der Waals surface area (Å²) >= 11 is 5.45. The second-order valence-electron chi connectivity index (χ2n) is 8.17. The molecule has 3 atom stereocenters. The van der Waals surface area contributed by atoms with Crippen molar-refractivity contribution < 1.29 is 28.3 Å². The maximum Gasteiger partial charge on any atom is 0.254 e. The smallest absolute Gasteiger partial charge is 0.254 e. The Hall–Kier alpha value is -3.12. The molecule has 0 heterocycles. The Morgan fingerprint density at radius 3 is 2.14 bits per heavy atom. The van der Waals surface area contributed by atoms with Gasteiger partial charge in [0.05, 0.1) is 0 Å². The van der Waals surface area contributed by atoms with Gasteiger partial charge >= 0.3 is 0 Å². The number of nitrogens with one attached hydrogen (secondary N) is 4. The molecule has 12 heteroatoms. The lowest BCUT2D eigenvalue weighted by atomic mass is 10.1. The van der Waals surface area contributed by atoms with Crippen molar-refractivity contribution in [3.63, 3.8) is 0 Å². The topological polar surface area (TPSA) is 123 Å². The number of hydrogen-bond donors (Lipinski definition) is 5. The fourth-order valence-corrected chi connectivity index (χ4v) is 3.36. The van der Waals surface area contributed by atoms with Crippen LogP contribution in [0.3, 0.4) is 0 Å². The number of nitrogens with zero attached hydrogens (tertiary/aromatic N) is 1. The lowest BCUT2D eigenvalue weighted by molar-refractivity contribution is -0.135. The number of likely N-dealkylation sites (N-methyl/N-ethyl adjacent to an activating group) is 1. The van der Waals surface area contributed by atoms with Crippen LogP contribution in [0.25, 0.3) is 0 Å². The van der Waals surface area contributed by atoms with Crippen molar-refractivity contribution in [1.29, 1.82) is 0 Å². The molecule has 0 bridgehead atoms. The van der Waals surface area contributed by atoms with Gasteiger partial charge in [-0.25, -0.2) is 13.6 Å². The van der Waals surface area contributed by atoms with Crippen molar-refractivity contribution in [3.05, 3.63) is 71.3 Å². The van der Waals surface area contributed by atoms with Crippen molar-refractivity contribution in [2.75, 3.05) is 33.2 Å². The monoisotopic (exact) mass is 525 g/mol. The molecule has 0 aliphatic heterocycles. The van der Waals surface area contributed by atoms with E-state index in [9.17, 15) is 28.3 Å². The van der Waals surface area contributed by atoms with E-state index in [-0.39, 0.29) is 5.56 Å². The van der Waals surface area contributed by atoms with Gasteiger partial charge < -0.3 is 26.0 Å². The second kappa shape index (κ2) is 14.4. The third kappa shape index (κ3) is 9.15. The molecular formula is C24H30ClF2N5O4. The number of aliphatic hydroxyl groups is 1. The normalized spacial score (nSPS) is 13.5. The van der Waals surface area contributed by atoms with E-state index in [0.717, 1.165) is 12.1 Å². The highest BCUT2D eigenvalue weighted by Gasteiger charge is 2.27. The zero-order chi connectivity index (χ0) is 26.7. The lowest BCUT2D eigenvalue weighted by Gasteiger charge is -2.23. The van der Waals surface area contributed by atoms with Gasteiger partial charge in [0, 0.05) is 32.2 Å². The standard InChI is InChI=1S/C24H30ClF2N5O4/c1-15(30-24(36)21(33)17-12-18(26)14-19(27)13-17)22(34)31-20(16-6-4-3-5-7-16)23(35)28-8-10-32(2)11-9-29-25/h3-7,12-15,20-21,29,33H,8-11H2,1-2H3,(H,28,35)(H,30,36)(H,31,34)/t15-,20-,21?/m0/s1. The fraction of sp³-hybridized carbons (Fsp3) is 0.375. The van der Waals surface area contributed by atoms with Gasteiger partial charge in [-0.2, -0.15) is 0 Å².